The van der Waals surface area contributed by atoms with E-state index in [0.717, 1.165) is 42.7 Å². The molecular formula is C16H24N4O. The van der Waals surface area contributed by atoms with Gasteiger partial charge >= 0.3 is 0 Å². The van der Waals surface area contributed by atoms with Gasteiger partial charge in [-0.05, 0) is 44.1 Å². The second-order valence-corrected chi connectivity index (χ2v) is 7.13. The van der Waals surface area contributed by atoms with Gasteiger partial charge < -0.3 is 10.4 Å². The number of aryl methyl sites for hydroxylation is 1. The molecule has 0 amide bonds. The van der Waals surface area contributed by atoms with Gasteiger partial charge in [-0.15, -0.1) is 0 Å². The molecule has 2 N–H and O–H groups in total. The molecule has 2 heterocycles. The Kier molecular flexibility index (Phi) is 3.40. The van der Waals surface area contributed by atoms with Crippen LogP contribution in [0.4, 0.5) is 5.82 Å². The fourth-order valence-corrected chi connectivity index (χ4v) is 3.00. The third-order valence-corrected chi connectivity index (χ3v) is 4.63. The van der Waals surface area contributed by atoms with Crippen LogP contribution < -0.4 is 5.32 Å². The summed E-state index contributed by atoms with van der Waals surface area (Å²) in [6, 6.07) is 2.00. The molecule has 1 aliphatic carbocycles. The molecule has 1 saturated carbocycles. The molecule has 5 heteroatoms. The van der Waals surface area contributed by atoms with Gasteiger partial charge in [0.25, 0.3) is 0 Å². The van der Waals surface area contributed by atoms with E-state index >= 15 is 0 Å². The van der Waals surface area contributed by atoms with Crippen molar-refractivity contribution in [3.05, 3.63) is 24.2 Å². The highest BCUT2D eigenvalue weighted by atomic mass is 16.3. The largest absolute Gasteiger partial charge is 0.388 e. The number of nitrogens with one attached hydrogen (secondary N) is 1. The van der Waals surface area contributed by atoms with Crippen LogP contribution >= 0.6 is 0 Å². The number of rotatable bonds is 3. The monoisotopic (exact) mass is 288 g/mol. The molecule has 0 spiro atoms. The summed E-state index contributed by atoms with van der Waals surface area (Å²) in [6.07, 6.45) is 7.38. The minimum Gasteiger partial charge on any atom is -0.388 e. The lowest BCUT2D eigenvalue weighted by Crippen LogP contribution is -2.42. The topological polar surface area (TPSA) is 62.5 Å². The number of anilines is 1. The summed E-state index contributed by atoms with van der Waals surface area (Å²) in [4.78, 5) is 4.38. The predicted molar refractivity (Wildman–Crippen MR) is 83.4 cm³/mol. The number of aliphatic hydroxyl groups is 1. The summed E-state index contributed by atoms with van der Waals surface area (Å²) in [5, 5.41) is 18.4. The van der Waals surface area contributed by atoms with Crippen molar-refractivity contribution >= 4 is 11.3 Å². The van der Waals surface area contributed by atoms with Crippen molar-refractivity contribution in [2.75, 3.05) is 11.9 Å². The van der Waals surface area contributed by atoms with E-state index in [1.807, 2.05) is 23.7 Å². The van der Waals surface area contributed by atoms with Crippen molar-refractivity contribution in [1.29, 1.82) is 0 Å². The highest BCUT2D eigenvalue weighted by Gasteiger charge is 2.36. The van der Waals surface area contributed by atoms with Gasteiger partial charge in [-0.2, -0.15) is 5.10 Å². The van der Waals surface area contributed by atoms with Crippen LogP contribution in [0.1, 0.15) is 45.2 Å². The number of hydrogen-bond acceptors (Lipinski definition) is 4. The Bertz CT molecular complexity index is 637. The first-order chi connectivity index (χ1) is 9.87. The van der Waals surface area contributed by atoms with Crippen molar-refractivity contribution in [3.63, 3.8) is 0 Å². The van der Waals surface area contributed by atoms with Crippen molar-refractivity contribution in [2.45, 2.75) is 52.1 Å². The van der Waals surface area contributed by atoms with Crippen LogP contribution in [-0.2, 0) is 0 Å². The zero-order valence-corrected chi connectivity index (χ0v) is 13.1. The maximum atomic E-state index is 10.7. The van der Waals surface area contributed by atoms with E-state index in [1.54, 1.807) is 6.20 Å². The summed E-state index contributed by atoms with van der Waals surface area (Å²) in [5.41, 5.74) is 1.64. The first-order valence-corrected chi connectivity index (χ1v) is 7.64. The molecule has 2 aromatic rings. The normalized spacial score (nSPS) is 20.6. The second-order valence-electron chi connectivity index (χ2n) is 7.13. The van der Waals surface area contributed by atoms with E-state index in [4.69, 9.17) is 0 Å². The number of fused-ring (bicyclic) bond motifs is 1. The Balaban J connectivity index is 1.72. The first-order valence-electron chi connectivity index (χ1n) is 7.64. The average Bonchev–Trinajstić information content (AvgIpc) is 2.81. The summed E-state index contributed by atoms with van der Waals surface area (Å²) < 4.78 is 1.82. The van der Waals surface area contributed by atoms with Crippen LogP contribution in [0.15, 0.2) is 18.5 Å². The lowest BCUT2D eigenvalue weighted by atomic mass is 9.71. The molecule has 3 rings (SSSR count). The van der Waals surface area contributed by atoms with E-state index in [-0.39, 0.29) is 0 Å². The van der Waals surface area contributed by atoms with Crippen LogP contribution in [0.2, 0.25) is 0 Å². The smallest absolute Gasteiger partial charge is 0.152 e. The molecule has 5 nitrogen and oxygen atoms in total. The number of hydrogen-bond donors (Lipinski definition) is 2. The Hall–Kier alpha value is -1.62. The maximum absolute atomic E-state index is 10.7. The molecule has 21 heavy (non-hydrogen) atoms. The van der Waals surface area contributed by atoms with E-state index in [9.17, 15) is 5.11 Å². The van der Waals surface area contributed by atoms with Crippen molar-refractivity contribution in [2.24, 2.45) is 5.41 Å². The van der Waals surface area contributed by atoms with Crippen LogP contribution in [0.5, 0.6) is 0 Å². The summed E-state index contributed by atoms with van der Waals surface area (Å²) in [5.74, 6) is 0.788. The van der Waals surface area contributed by atoms with Crippen LogP contribution in [0, 0.1) is 12.3 Å². The van der Waals surface area contributed by atoms with Crippen LogP contribution in [0.25, 0.3) is 5.52 Å². The van der Waals surface area contributed by atoms with E-state index in [2.05, 4.69) is 29.2 Å². The summed E-state index contributed by atoms with van der Waals surface area (Å²) in [7, 11) is 0. The third kappa shape index (κ3) is 3.02. The van der Waals surface area contributed by atoms with Gasteiger partial charge in [-0.25, -0.2) is 9.50 Å². The quantitative estimate of drug-likeness (QED) is 0.911. The fraction of sp³-hybridized carbons (Fsp3) is 0.625. The van der Waals surface area contributed by atoms with Crippen molar-refractivity contribution in [3.8, 4) is 0 Å². The SMILES string of the molecule is Cc1cc2c(NCC3(O)CCC(C)(C)CC3)nccn2n1. The van der Waals surface area contributed by atoms with Gasteiger partial charge in [-0.1, -0.05) is 13.8 Å². The van der Waals surface area contributed by atoms with Crippen LogP contribution in [-0.4, -0.2) is 31.9 Å². The molecule has 0 bridgehead atoms. The molecule has 0 saturated heterocycles. The highest BCUT2D eigenvalue weighted by molar-refractivity contribution is 5.67. The molecule has 0 atom stereocenters. The van der Waals surface area contributed by atoms with Gasteiger partial charge in [0.1, 0.15) is 5.52 Å². The number of nitrogens with zero attached hydrogens (tertiary/aromatic N) is 3. The lowest BCUT2D eigenvalue weighted by molar-refractivity contribution is -0.0145. The zero-order chi connectivity index (χ0) is 15.1. The summed E-state index contributed by atoms with van der Waals surface area (Å²) >= 11 is 0. The molecule has 1 aliphatic rings. The predicted octanol–water partition coefficient (Wildman–Crippen LogP) is 2.78. The van der Waals surface area contributed by atoms with Crippen molar-refractivity contribution in [1.82, 2.24) is 14.6 Å². The second kappa shape index (κ2) is 4.98. The lowest BCUT2D eigenvalue weighted by Gasteiger charge is -2.40. The summed E-state index contributed by atoms with van der Waals surface area (Å²) in [6.45, 7) is 7.06. The molecular weight excluding hydrogens is 264 g/mol. The Morgan fingerprint density at radius 1 is 1.29 bits per heavy atom. The molecule has 0 aliphatic heterocycles. The van der Waals surface area contributed by atoms with Gasteiger partial charge in [0.15, 0.2) is 5.82 Å². The maximum Gasteiger partial charge on any atom is 0.152 e. The standard InChI is InChI=1S/C16H24N4O/c1-12-10-13-14(17-8-9-20(13)19-12)18-11-16(21)6-4-15(2,3)5-7-16/h8-10,21H,4-7,11H2,1-3H3,(H,17,18). The Morgan fingerprint density at radius 2 is 2.00 bits per heavy atom. The van der Waals surface area contributed by atoms with Gasteiger partial charge in [-0.3, -0.25) is 0 Å². The van der Waals surface area contributed by atoms with E-state index < -0.39 is 5.60 Å². The molecule has 0 aromatic carbocycles. The average molecular weight is 288 g/mol. The van der Waals surface area contributed by atoms with E-state index in [1.165, 1.54) is 0 Å². The number of aromatic nitrogens is 3. The minimum absolute atomic E-state index is 0.354. The minimum atomic E-state index is -0.626. The molecule has 0 radical (unpaired) electrons. The molecule has 2 aromatic heterocycles. The van der Waals surface area contributed by atoms with Gasteiger partial charge in [0, 0.05) is 18.9 Å². The van der Waals surface area contributed by atoms with Crippen molar-refractivity contribution < 1.29 is 5.11 Å². The van der Waals surface area contributed by atoms with Crippen LogP contribution in [0.3, 0.4) is 0 Å². The Labute approximate surface area is 125 Å². The van der Waals surface area contributed by atoms with Gasteiger partial charge in [0.2, 0.25) is 0 Å². The molecule has 1 fully saturated rings. The first kappa shape index (κ1) is 14.3. The zero-order valence-electron chi connectivity index (χ0n) is 13.1. The highest BCUT2D eigenvalue weighted by Crippen LogP contribution is 2.40. The Morgan fingerprint density at radius 3 is 2.71 bits per heavy atom. The molecule has 0 unspecified atom stereocenters. The fourth-order valence-electron chi connectivity index (χ4n) is 3.00. The molecule has 114 valence electrons. The third-order valence-electron chi connectivity index (χ3n) is 4.63. The van der Waals surface area contributed by atoms with Gasteiger partial charge in [0.05, 0.1) is 11.3 Å². The van der Waals surface area contributed by atoms with E-state index in [0.29, 0.717) is 12.0 Å².